The fourth-order valence-corrected chi connectivity index (χ4v) is 6.10. The summed E-state index contributed by atoms with van der Waals surface area (Å²) in [4.78, 5) is 12.6. The molecule has 164 valence electrons. The number of carbonyl (C=O) groups excluding carboxylic acids is 1. The largest absolute Gasteiger partial charge is 0.320 e. The Morgan fingerprint density at radius 3 is 2.81 bits per heavy atom. The van der Waals surface area contributed by atoms with Gasteiger partial charge in [0.2, 0.25) is 15.0 Å². The predicted molar refractivity (Wildman–Crippen MR) is 121 cm³/mol. The molecule has 32 heavy (non-hydrogen) atoms. The summed E-state index contributed by atoms with van der Waals surface area (Å²) in [5.41, 5.74) is 0.841. The lowest BCUT2D eigenvalue weighted by atomic mass is 10.0. The molecule has 0 aliphatic carbocycles. The number of anilines is 1. The molecule has 1 aromatic heterocycles. The summed E-state index contributed by atoms with van der Waals surface area (Å²) in [7, 11) is -3.74. The second-order valence-electron chi connectivity index (χ2n) is 7.25. The minimum atomic E-state index is -3.74. The van der Waals surface area contributed by atoms with E-state index in [9.17, 15) is 13.2 Å². The number of halogens is 1. The first-order valence-corrected chi connectivity index (χ1v) is 12.4. The van der Waals surface area contributed by atoms with Crippen LogP contribution in [-0.4, -0.2) is 41.9 Å². The van der Waals surface area contributed by atoms with Crippen molar-refractivity contribution >= 4 is 44.6 Å². The Kier molecular flexibility index (Phi) is 6.53. The van der Waals surface area contributed by atoms with Gasteiger partial charge in [-0.15, -0.1) is 10.2 Å². The molecule has 2 heterocycles. The molecule has 0 bridgehead atoms. The Bertz CT molecular complexity index is 1300. The molecule has 0 saturated carbocycles. The number of nitriles is 1. The van der Waals surface area contributed by atoms with E-state index in [1.807, 2.05) is 6.07 Å². The number of hydrogen-bond acceptors (Lipinski definition) is 7. The lowest BCUT2D eigenvalue weighted by Crippen LogP contribution is -2.39. The highest BCUT2D eigenvalue weighted by molar-refractivity contribution is 7.89. The summed E-state index contributed by atoms with van der Waals surface area (Å²) in [6.07, 6.45) is 1.40. The molecule has 1 atom stereocenters. The maximum absolute atomic E-state index is 13.1. The lowest BCUT2D eigenvalue weighted by molar-refractivity contribution is 0.102. The summed E-state index contributed by atoms with van der Waals surface area (Å²) in [6.45, 7) is 0.625. The molecule has 0 unspecified atom stereocenters. The molecule has 1 aliphatic rings. The number of carbonyl (C=O) groups is 1. The van der Waals surface area contributed by atoms with Gasteiger partial charge in [-0.2, -0.15) is 9.57 Å². The third-order valence-corrected chi connectivity index (χ3v) is 8.23. The van der Waals surface area contributed by atoms with Crippen molar-refractivity contribution in [2.75, 3.05) is 18.4 Å². The Morgan fingerprint density at radius 2 is 2.03 bits per heavy atom. The number of hydrogen-bond donors (Lipinski definition) is 1. The highest BCUT2D eigenvalue weighted by Gasteiger charge is 2.33. The van der Waals surface area contributed by atoms with Gasteiger partial charge in [0.1, 0.15) is 5.01 Å². The van der Waals surface area contributed by atoms with Crippen LogP contribution in [0.15, 0.2) is 53.4 Å². The number of nitrogens with one attached hydrogen (secondary N) is 1. The third-order valence-electron chi connectivity index (χ3n) is 5.05. The van der Waals surface area contributed by atoms with Gasteiger partial charge < -0.3 is 5.32 Å². The van der Waals surface area contributed by atoms with E-state index in [0.29, 0.717) is 34.2 Å². The molecule has 1 aliphatic heterocycles. The Hall–Kier alpha value is -2.84. The van der Waals surface area contributed by atoms with E-state index >= 15 is 0 Å². The van der Waals surface area contributed by atoms with E-state index in [0.717, 1.165) is 17.8 Å². The van der Waals surface area contributed by atoms with Crippen molar-refractivity contribution in [1.82, 2.24) is 14.5 Å². The topological polar surface area (TPSA) is 116 Å². The zero-order chi connectivity index (χ0) is 22.7. The second kappa shape index (κ2) is 9.34. The molecular formula is C21H18ClN5O3S2. The van der Waals surface area contributed by atoms with Crippen LogP contribution < -0.4 is 5.32 Å². The molecule has 1 fully saturated rings. The highest BCUT2D eigenvalue weighted by atomic mass is 35.5. The number of nitrogens with zero attached hydrogens (tertiary/aromatic N) is 4. The number of sulfonamides is 1. The molecule has 3 aromatic rings. The minimum Gasteiger partial charge on any atom is -0.320 e. The zero-order valence-corrected chi connectivity index (χ0v) is 19.1. The number of aromatic nitrogens is 2. The first kappa shape index (κ1) is 22.4. The number of piperidine rings is 1. The van der Waals surface area contributed by atoms with Gasteiger partial charge in [0.15, 0.2) is 0 Å². The number of benzene rings is 2. The van der Waals surface area contributed by atoms with Gasteiger partial charge >= 0.3 is 0 Å². The third kappa shape index (κ3) is 4.81. The summed E-state index contributed by atoms with van der Waals surface area (Å²) in [6, 6.07) is 14.7. The van der Waals surface area contributed by atoms with E-state index in [1.165, 1.54) is 16.4 Å². The van der Waals surface area contributed by atoms with E-state index in [4.69, 9.17) is 16.9 Å². The van der Waals surface area contributed by atoms with Crippen LogP contribution >= 0.6 is 22.9 Å². The van der Waals surface area contributed by atoms with Crippen LogP contribution in [0.1, 0.15) is 39.1 Å². The quantitative estimate of drug-likeness (QED) is 0.583. The molecule has 1 amide bonds. The maximum Gasteiger partial charge on any atom is 0.286 e. The summed E-state index contributed by atoms with van der Waals surface area (Å²) >= 11 is 7.10. The van der Waals surface area contributed by atoms with Gasteiger partial charge in [0.25, 0.3) is 5.91 Å². The van der Waals surface area contributed by atoms with Crippen LogP contribution in [-0.2, 0) is 10.0 Å². The van der Waals surface area contributed by atoms with Crippen molar-refractivity contribution in [2.45, 2.75) is 23.7 Å². The van der Waals surface area contributed by atoms with Gasteiger partial charge in [-0.3, -0.25) is 4.79 Å². The van der Waals surface area contributed by atoms with E-state index in [-0.39, 0.29) is 22.4 Å². The van der Waals surface area contributed by atoms with Gasteiger partial charge in [-0.25, -0.2) is 8.42 Å². The molecule has 2 aromatic carbocycles. The first-order chi connectivity index (χ1) is 15.4. The maximum atomic E-state index is 13.1. The van der Waals surface area contributed by atoms with E-state index in [1.54, 1.807) is 36.4 Å². The monoisotopic (exact) mass is 487 g/mol. The molecule has 11 heteroatoms. The molecule has 1 saturated heterocycles. The Labute approximate surface area is 194 Å². The van der Waals surface area contributed by atoms with Gasteiger partial charge in [0, 0.05) is 29.7 Å². The average molecular weight is 488 g/mol. The predicted octanol–water partition coefficient (Wildman–Crippen LogP) is 3.88. The zero-order valence-electron chi connectivity index (χ0n) is 16.7. The van der Waals surface area contributed by atoms with Crippen LogP contribution in [0.4, 0.5) is 5.69 Å². The fourth-order valence-electron chi connectivity index (χ4n) is 3.48. The summed E-state index contributed by atoms with van der Waals surface area (Å²) in [5, 5.41) is 21.3. The van der Waals surface area contributed by atoms with Crippen LogP contribution in [0.3, 0.4) is 0 Å². The van der Waals surface area contributed by atoms with Crippen molar-refractivity contribution in [2.24, 2.45) is 0 Å². The molecule has 1 N–H and O–H groups in total. The number of amides is 1. The highest BCUT2D eigenvalue weighted by Crippen LogP contribution is 2.32. The van der Waals surface area contributed by atoms with Gasteiger partial charge in [0.05, 0.1) is 16.5 Å². The van der Waals surface area contributed by atoms with Gasteiger partial charge in [-0.05, 0) is 49.2 Å². The van der Waals surface area contributed by atoms with Gasteiger partial charge in [-0.1, -0.05) is 35.1 Å². The van der Waals surface area contributed by atoms with Crippen LogP contribution in [0.2, 0.25) is 5.02 Å². The van der Waals surface area contributed by atoms with Crippen LogP contribution in [0.5, 0.6) is 0 Å². The van der Waals surface area contributed by atoms with Crippen molar-refractivity contribution in [1.29, 1.82) is 5.26 Å². The average Bonchev–Trinajstić information content (AvgIpc) is 3.30. The molecule has 8 nitrogen and oxygen atoms in total. The molecule has 0 spiro atoms. The Morgan fingerprint density at radius 1 is 1.22 bits per heavy atom. The fraction of sp³-hybridized carbons (Fsp3) is 0.238. The lowest BCUT2D eigenvalue weighted by Gasteiger charge is -2.30. The van der Waals surface area contributed by atoms with Crippen molar-refractivity contribution in [3.05, 3.63) is 69.1 Å². The van der Waals surface area contributed by atoms with E-state index in [2.05, 4.69) is 15.5 Å². The smallest absolute Gasteiger partial charge is 0.286 e. The molecular weight excluding hydrogens is 470 g/mol. The number of rotatable bonds is 5. The first-order valence-electron chi connectivity index (χ1n) is 9.77. The van der Waals surface area contributed by atoms with Crippen LogP contribution in [0.25, 0.3) is 0 Å². The van der Waals surface area contributed by atoms with Crippen LogP contribution in [0, 0.1) is 11.3 Å². The molecule has 4 rings (SSSR count). The second-order valence-corrected chi connectivity index (χ2v) is 10.6. The summed E-state index contributed by atoms with van der Waals surface area (Å²) in [5.74, 6) is -0.562. The Balaban J connectivity index is 1.48. The standard InChI is InChI=1S/C21H18ClN5O3S2/c22-16-6-2-7-17(11-16)24-19(28)21-26-25-20(31-21)15-5-3-9-27(13-15)32(29,30)18-8-1-4-14(10-18)12-23/h1-2,4,6-8,10-11,15H,3,5,9,13H2,(H,24,28)/t15-/m1/s1. The van der Waals surface area contributed by atoms with Crippen molar-refractivity contribution in [3.63, 3.8) is 0 Å². The SMILES string of the molecule is N#Cc1cccc(S(=O)(=O)N2CCC[C@@H](c3nnc(C(=O)Nc4cccc(Cl)c4)s3)C2)c1. The summed E-state index contributed by atoms with van der Waals surface area (Å²) < 4.78 is 27.6. The van der Waals surface area contributed by atoms with E-state index < -0.39 is 15.9 Å². The molecule has 0 radical (unpaired) electrons. The van der Waals surface area contributed by atoms with Crippen molar-refractivity contribution < 1.29 is 13.2 Å². The van der Waals surface area contributed by atoms with Crippen molar-refractivity contribution in [3.8, 4) is 6.07 Å². The minimum absolute atomic E-state index is 0.0936. The normalized spacial score (nSPS) is 16.9.